The number of hydrogen-bond acceptors (Lipinski definition) is 2. The number of benzene rings is 1. The smallest absolute Gasteiger partial charge is 0.323 e. The molecule has 2 aromatic rings. The van der Waals surface area contributed by atoms with Gasteiger partial charge in [-0.3, -0.25) is 4.79 Å². The monoisotopic (exact) mass is 326 g/mol. The zero-order chi connectivity index (χ0) is 15.0. The maximum absolute atomic E-state index is 11.1. The molecule has 21 heavy (non-hydrogen) atoms. The zero-order valence-corrected chi connectivity index (χ0v) is 13.0. The van der Waals surface area contributed by atoms with Gasteiger partial charge in [0.2, 0.25) is 0 Å². The molecule has 1 fully saturated rings. The average molecular weight is 327 g/mol. The van der Waals surface area contributed by atoms with Gasteiger partial charge in [-0.25, -0.2) is 4.98 Å². The number of fused-ring (bicyclic) bond motifs is 1. The first-order valence-electron chi connectivity index (χ1n) is 7.10. The van der Waals surface area contributed by atoms with E-state index in [0.29, 0.717) is 21.5 Å². The van der Waals surface area contributed by atoms with Gasteiger partial charge in [-0.1, -0.05) is 48.9 Å². The summed E-state index contributed by atoms with van der Waals surface area (Å²) in [6.07, 6.45) is 5.70. The van der Waals surface area contributed by atoms with Gasteiger partial charge in [0.25, 0.3) is 0 Å². The Bertz CT molecular complexity index is 691. The van der Waals surface area contributed by atoms with Crippen molar-refractivity contribution in [2.24, 2.45) is 5.92 Å². The van der Waals surface area contributed by atoms with Gasteiger partial charge in [-0.15, -0.1) is 0 Å². The third-order valence-corrected chi connectivity index (χ3v) is 4.83. The van der Waals surface area contributed by atoms with Crippen LogP contribution in [0.4, 0.5) is 0 Å². The van der Waals surface area contributed by atoms with Crippen molar-refractivity contribution in [2.75, 3.05) is 0 Å². The lowest BCUT2D eigenvalue weighted by atomic mass is 10.0. The molecular weight excluding hydrogens is 311 g/mol. The van der Waals surface area contributed by atoms with Crippen LogP contribution < -0.4 is 0 Å². The molecule has 1 saturated carbocycles. The largest absolute Gasteiger partial charge is 0.480 e. The maximum Gasteiger partial charge on any atom is 0.323 e. The van der Waals surface area contributed by atoms with E-state index in [1.807, 2.05) is 0 Å². The molecule has 112 valence electrons. The minimum Gasteiger partial charge on any atom is -0.480 e. The Labute approximate surface area is 132 Å². The predicted molar refractivity (Wildman–Crippen MR) is 83.1 cm³/mol. The average Bonchev–Trinajstić information content (AvgIpc) is 3.01. The quantitative estimate of drug-likeness (QED) is 0.917. The van der Waals surface area contributed by atoms with E-state index in [9.17, 15) is 4.79 Å². The number of halogens is 2. The van der Waals surface area contributed by atoms with Crippen molar-refractivity contribution in [2.45, 2.75) is 38.6 Å². The van der Waals surface area contributed by atoms with Crippen molar-refractivity contribution in [1.82, 2.24) is 9.55 Å². The first kappa shape index (κ1) is 14.7. The van der Waals surface area contributed by atoms with Gasteiger partial charge >= 0.3 is 5.97 Å². The van der Waals surface area contributed by atoms with Crippen molar-refractivity contribution in [3.05, 3.63) is 28.0 Å². The van der Waals surface area contributed by atoms with Gasteiger partial charge in [0, 0.05) is 6.42 Å². The number of aliphatic carboxylic acids is 1. The van der Waals surface area contributed by atoms with Gasteiger partial charge in [0.1, 0.15) is 12.4 Å². The fraction of sp³-hybridized carbons (Fsp3) is 0.467. The van der Waals surface area contributed by atoms with Gasteiger partial charge in [-0.2, -0.15) is 0 Å². The molecule has 3 rings (SSSR count). The number of imidazole rings is 1. The molecule has 0 radical (unpaired) electrons. The lowest BCUT2D eigenvalue weighted by Crippen LogP contribution is -2.14. The molecule has 0 unspecified atom stereocenters. The van der Waals surface area contributed by atoms with E-state index in [1.54, 1.807) is 16.7 Å². The Morgan fingerprint density at radius 1 is 1.29 bits per heavy atom. The minimum atomic E-state index is -0.881. The summed E-state index contributed by atoms with van der Waals surface area (Å²) in [7, 11) is 0. The fourth-order valence-electron chi connectivity index (χ4n) is 3.11. The summed E-state index contributed by atoms with van der Waals surface area (Å²) in [5, 5.41) is 10.0. The third kappa shape index (κ3) is 3.01. The molecule has 1 aliphatic rings. The molecule has 4 nitrogen and oxygen atoms in total. The number of carboxylic acids is 1. The topological polar surface area (TPSA) is 55.1 Å². The second-order valence-electron chi connectivity index (χ2n) is 5.62. The molecule has 0 amide bonds. The van der Waals surface area contributed by atoms with Crippen LogP contribution in [0.3, 0.4) is 0 Å². The van der Waals surface area contributed by atoms with Crippen molar-refractivity contribution in [3.63, 3.8) is 0 Å². The molecule has 1 aromatic carbocycles. The lowest BCUT2D eigenvalue weighted by molar-refractivity contribution is -0.137. The van der Waals surface area contributed by atoms with Crippen LogP contribution in [-0.2, 0) is 17.8 Å². The maximum atomic E-state index is 11.1. The normalized spacial score (nSPS) is 15.9. The van der Waals surface area contributed by atoms with Crippen LogP contribution in [0.15, 0.2) is 12.1 Å². The summed E-state index contributed by atoms with van der Waals surface area (Å²) in [5.74, 6) is 0.533. The van der Waals surface area contributed by atoms with Crippen LogP contribution in [0.2, 0.25) is 10.0 Å². The Hall–Kier alpha value is -1.26. The Morgan fingerprint density at radius 3 is 2.62 bits per heavy atom. The summed E-state index contributed by atoms with van der Waals surface area (Å²) < 4.78 is 1.75. The van der Waals surface area contributed by atoms with Crippen LogP contribution in [0, 0.1) is 5.92 Å². The van der Waals surface area contributed by atoms with E-state index in [4.69, 9.17) is 28.3 Å². The van der Waals surface area contributed by atoms with E-state index in [2.05, 4.69) is 4.98 Å². The van der Waals surface area contributed by atoms with Gasteiger partial charge in [-0.05, 0) is 18.1 Å². The summed E-state index contributed by atoms with van der Waals surface area (Å²) in [6.45, 7) is -0.101. The molecule has 1 aromatic heterocycles. The molecule has 1 aliphatic carbocycles. The highest BCUT2D eigenvalue weighted by Gasteiger charge is 2.21. The van der Waals surface area contributed by atoms with Crippen molar-refractivity contribution >= 4 is 40.2 Å². The summed E-state index contributed by atoms with van der Waals surface area (Å²) in [6, 6.07) is 3.41. The SMILES string of the molecule is O=C(O)Cn1c(CC2CCCC2)nc2cc(Cl)c(Cl)cc21. The lowest BCUT2D eigenvalue weighted by Gasteiger charge is -2.10. The number of rotatable bonds is 4. The van der Waals surface area contributed by atoms with Gasteiger partial charge in [0.05, 0.1) is 21.1 Å². The number of nitrogens with zero attached hydrogens (tertiary/aromatic N) is 2. The highest BCUT2D eigenvalue weighted by molar-refractivity contribution is 6.42. The van der Waals surface area contributed by atoms with Crippen molar-refractivity contribution in [1.29, 1.82) is 0 Å². The van der Waals surface area contributed by atoms with E-state index in [1.165, 1.54) is 25.7 Å². The van der Waals surface area contributed by atoms with E-state index >= 15 is 0 Å². The standard InChI is InChI=1S/C15H16Cl2N2O2/c16-10-6-12-13(7-11(10)17)19(8-15(20)21)14(18-12)5-9-3-1-2-4-9/h6-7,9H,1-5,8H2,(H,20,21). The van der Waals surface area contributed by atoms with Gasteiger partial charge in [0.15, 0.2) is 0 Å². The summed E-state index contributed by atoms with van der Waals surface area (Å²) in [5.41, 5.74) is 1.44. The number of carboxylic acid groups (broad SMARTS) is 1. The van der Waals surface area contributed by atoms with Crippen LogP contribution in [0.25, 0.3) is 11.0 Å². The van der Waals surface area contributed by atoms with Crippen LogP contribution in [0.1, 0.15) is 31.5 Å². The Balaban J connectivity index is 2.05. The molecule has 0 atom stereocenters. The first-order valence-corrected chi connectivity index (χ1v) is 7.86. The number of carbonyl (C=O) groups is 1. The Kier molecular flexibility index (Phi) is 4.09. The zero-order valence-electron chi connectivity index (χ0n) is 11.5. The molecule has 1 N–H and O–H groups in total. The Morgan fingerprint density at radius 2 is 1.95 bits per heavy atom. The van der Waals surface area contributed by atoms with E-state index in [-0.39, 0.29) is 6.54 Å². The molecule has 0 saturated heterocycles. The van der Waals surface area contributed by atoms with Gasteiger partial charge < -0.3 is 9.67 Å². The van der Waals surface area contributed by atoms with Crippen molar-refractivity contribution < 1.29 is 9.90 Å². The van der Waals surface area contributed by atoms with E-state index in [0.717, 1.165) is 17.8 Å². The second kappa shape index (κ2) is 5.85. The second-order valence-corrected chi connectivity index (χ2v) is 6.43. The van der Waals surface area contributed by atoms with Crippen LogP contribution in [-0.4, -0.2) is 20.6 Å². The predicted octanol–water partition coefficient (Wildman–Crippen LogP) is 4.16. The van der Waals surface area contributed by atoms with E-state index < -0.39 is 5.97 Å². The molecule has 0 bridgehead atoms. The molecule has 1 heterocycles. The minimum absolute atomic E-state index is 0.101. The first-order chi connectivity index (χ1) is 10.0. The summed E-state index contributed by atoms with van der Waals surface area (Å²) in [4.78, 5) is 15.7. The molecule has 0 aliphatic heterocycles. The molecule has 6 heteroatoms. The highest BCUT2D eigenvalue weighted by atomic mass is 35.5. The third-order valence-electron chi connectivity index (χ3n) is 4.11. The van der Waals surface area contributed by atoms with Crippen LogP contribution >= 0.6 is 23.2 Å². The fourth-order valence-corrected chi connectivity index (χ4v) is 3.43. The summed E-state index contributed by atoms with van der Waals surface area (Å²) >= 11 is 12.1. The van der Waals surface area contributed by atoms with Crippen LogP contribution in [0.5, 0.6) is 0 Å². The number of aromatic nitrogens is 2. The number of hydrogen-bond donors (Lipinski definition) is 1. The molecule has 0 spiro atoms. The molecular formula is C15H16Cl2N2O2. The van der Waals surface area contributed by atoms with Crippen molar-refractivity contribution in [3.8, 4) is 0 Å². The highest BCUT2D eigenvalue weighted by Crippen LogP contribution is 2.31.